The number of carboxylic acid groups (broad SMARTS) is 1. The molecule has 0 aliphatic heterocycles. The van der Waals surface area contributed by atoms with Crippen LogP contribution in [0.5, 0.6) is 0 Å². The summed E-state index contributed by atoms with van der Waals surface area (Å²) in [5, 5.41) is 8.77. The van der Waals surface area contributed by atoms with Crippen LogP contribution >= 0.6 is 0 Å². The molecular formula is C12H24N2O3. The second-order valence-corrected chi connectivity index (χ2v) is 5.24. The van der Waals surface area contributed by atoms with E-state index in [0.717, 1.165) is 0 Å². The summed E-state index contributed by atoms with van der Waals surface area (Å²) in [5.41, 5.74) is 5.79. The highest BCUT2D eigenvalue weighted by Gasteiger charge is 2.24. The van der Waals surface area contributed by atoms with Crippen molar-refractivity contribution in [2.75, 3.05) is 13.1 Å². The third kappa shape index (κ3) is 6.94. The number of carbonyl (C=O) groups is 2. The van der Waals surface area contributed by atoms with Crippen LogP contribution in [0, 0.1) is 11.8 Å². The van der Waals surface area contributed by atoms with E-state index in [1.54, 1.807) is 0 Å². The smallest absolute Gasteiger partial charge is 0.323 e. The van der Waals surface area contributed by atoms with E-state index in [-0.39, 0.29) is 18.4 Å². The van der Waals surface area contributed by atoms with E-state index in [4.69, 9.17) is 10.8 Å². The molecule has 5 nitrogen and oxygen atoms in total. The molecule has 0 aromatic rings. The largest absolute Gasteiger partial charge is 0.480 e. The summed E-state index contributed by atoms with van der Waals surface area (Å²) < 4.78 is 0. The standard InChI is InChI=1S/C12H24N2O3/c1-8(2)5-10(13)12(17)14(6-9(3)4)7-11(15)16/h8-10H,5-7,13H2,1-4H3,(H,15,16)/t10-/m0/s1. The molecule has 0 radical (unpaired) electrons. The molecule has 5 heteroatoms. The number of aliphatic carboxylic acids is 1. The molecule has 0 aliphatic carbocycles. The molecular weight excluding hydrogens is 220 g/mol. The van der Waals surface area contributed by atoms with Gasteiger partial charge in [0.05, 0.1) is 6.04 Å². The van der Waals surface area contributed by atoms with Gasteiger partial charge < -0.3 is 15.7 Å². The van der Waals surface area contributed by atoms with Gasteiger partial charge in [0.1, 0.15) is 6.54 Å². The Balaban J connectivity index is 4.55. The molecule has 17 heavy (non-hydrogen) atoms. The lowest BCUT2D eigenvalue weighted by atomic mass is 10.0. The summed E-state index contributed by atoms with van der Waals surface area (Å²) in [7, 11) is 0. The molecule has 3 N–H and O–H groups in total. The van der Waals surface area contributed by atoms with Crippen molar-refractivity contribution in [2.24, 2.45) is 17.6 Å². The third-order valence-corrected chi connectivity index (χ3v) is 2.27. The summed E-state index contributed by atoms with van der Waals surface area (Å²) in [5.74, 6) is -0.727. The first-order chi connectivity index (χ1) is 7.73. The van der Waals surface area contributed by atoms with Crippen molar-refractivity contribution in [1.29, 1.82) is 0 Å². The molecule has 0 bridgehead atoms. The molecule has 0 aromatic carbocycles. The SMILES string of the molecule is CC(C)C[C@H](N)C(=O)N(CC(=O)O)CC(C)C. The molecule has 0 heterocycles. The lowest BCUT2D eigenvalue weighted by molar-refractivity contribution is -0.145. The Bertz CT molecular complexity index is 264. The van der Waals surface area contributed by atoms with Crippen molar-refractivity contribution in [3.8, 4) is 0 Å². The van der Waals surface area contributed by atoms with Gasteiger partial charge >= 0.3 is 5.97 Å². The Morgan fingerprint density at radius 1 is 1.18 bits per heavy atom. The average Bonchev–Trinajstić information content (AvgIpc) is 2.12. The molecule has 100 valence electrons. The predicted molar refractivity (Wildman–Crippen MR) is 66.5 cm³/mol. The molecule has 0 rings (SSSR count). The van der Waals surface area contributed by atoms with Crippen molar-refractivity contribution in [3.05, 3.63) is 0 Å². The maximum absolute atomic E-state index is 12.0. The first-order valence-electron chi connectivity index (χ1n) is 6.00. The van der Waals surface area contributed by atoms with E-state index < -0.39 is 12.0 Å². The first-order valence-corrected chi connectivity index (χ1v) is 6.00. The zero-order chi connectivity index (χ0) is 13.6. The van der Waals surface area contributed by atoms with Gasteiger partial charge in [-0.25, -0.2) is 0 Å². The van der Waals surface area contributed by atoms with Crippen molar-refractivity contribution < 1.29 is 14.7 Å². The van der Waals surface area contributed by atoms with Gasteiger partial charge in [0.15, 0.2) is 0 Å². The van der Waals surface area contributed by atoms with Crippen molar-refractivity contribution >= 4 is 11.9 Å². The van der Waals surface area contributed by atoms with Gasteiger partial charge in [0, 0.05) is 6.54 Å². The molecule has 0 fully saturated rings. The Hall–Kier alpha value is -1.10. The van der Waals surface area contributed by atoms with Crippen LogP contribution in [0.4, 0.5) is 0 Å². The zero-order valence-electron chi connectivity index (χ0n) is 11.1. The van der Waals surface area contributed by atoms with Crippen LogP contribution in [0.2, 0.25) is 0 Å². The summed E-state index contributed by atoms with van der Waals surface area (Å²) in [6, 6.07) is -0.604. The Morgan fingerprint density at radius 3 is 2.06 bits per heavy atom. The normalized spacial score (nSPS) is 12.9. The van der Waals surface area contributed by atoms with E-state index in [0.29, 0.717) is 18.9 Å². The fraction of sp³-hybridized carbons (Fsp3) is 0.833. The number of amides is 1. The topological polar surface area (TPSA) is 83.6 Å². The summed E-state index contributed by atoms with van der Waals surface area (Å²) in [6.07, 6.45) is 0.576. The van der Waals surface area contributed by atoms with Gasteiger partial charge in [-0.1, -0.05) is 27.7 Å². The zero-order valence-corrected chi connectivity index (χ0v) is 11.1. The van der Waals surface area contributed by atoms with Crippen LogP contribution in [0.3, 0.4) is 0 Å². The number of carbonyl (C=O) groups excluding carboxylic acids is 1. The van der Waals surface area contributed by atoms with Crippen LogP contribution in [0.15, 0.2) is 0 Å². The van der Waals surface area contributed by atoms with E-state index >= 15 is 0 Å². The molecule has 1 amide bonds. The van der Waals surface area contributed by atoms with Gasteiger partial charge in [0.25, 0.3) is 0 Å². The van der Waals surface area contributed by atoms with Crippen LogP contribution in [-0.2, 0) is 9.59 Å². The molecule has 0 saturated heterocycles. The maximum atomic E-state index is 12.0. The van der Waals surface area contributed by atoms with Crippen LogP contribution in [0.1, 0.15) is 34.1 Å². The van der Waals surface area contributed by atoms with Crippen molar-refractivity contribution in [3.63, 3.8) is 0 Å². The second-order valence-electron chi connectivity index (χ2n) is 5.24. The molecule has 0 spiro atoms. The van der Waals surface area contributed by atoms with Crippen molar-refractivity contribution in [2.45, 2.75) is 40.2 Å². The van der Waals surface area contributed by atoms with Crippen LogP contribution in [-0.4, -0.2) is 41.0 Å². The summed E-state index contributed by atoms with van der Waals surface area (Å²) in [4.78, 5) is 24.0. The van der Waals surface area contributed by atoms with E-state index in [1.165, 1.54) is 4.90 Å². The summed E-state index contributed by atoms with van der Waals surface area (Å²) >= 11 is 0. The maximum Gasteiger partial charge on any atom is 0.323 e. The summed E-state index contributed by atoms with van der Waals surface area (Å²) in [6.45, 7) is 8.00. The van der Waals surface area contributed by atoms with Crippen LogP contribution in [0.25, 0.3) is 0 Å². The molecule has 0 unspecified atom stereocenters. The fourth-order valence-corrected chi connectivity index (χ4v) is 1.68. The van der Waals surface area contributed by atoms with Crippen LogP contribution < -0.4 is 5.73 Å². The van der Waals surface area contributed by atoms with E-state index in [2.05, 4.69) is 0 Å². The van der Waals surface area contributed by atoms with E-state index in [1.807, 2.05) is 27.7 Å². The average molecular weight is 244 g/mol. The number of rotatable bonds is 7. The van der Waals surface area contributed by atoms with Gasteiger partial charge in [0.2, 0.25) is 5.91 Å². The highest BCUT2D eigenvalue weighted by molar-refractivity contribution is 5.85. The fourth-order valence-electron chi connectivity index (χ4n) is 1.68. The quantitative estimate of drug-likeness (QED) is 0.697. The lowest BCUT2D eigenvalue weighted by Gasteiger charge is -2.26. The minimum absolute atomic E-state index is 0.226. The van der Waals surface area contributed by atoms with Gasteiger partial charge in [-0.3, -0.25) is 9.59 Å². The predicted octanol–water partition coefficient (Wildman–Crippen LogP) is 0.929. The highest BCUT2D eigenvalue weighted by Crippen LogP contribution is 2.07. The van der Waals surface area contributed by atoms with E-state index in [9.17, 15) is 9.59 Å². The minimum Gasteiger partial charge on any atom is -0.480 e. The third-order valence-electron chi connectivity index (χ3n) is 2.27. The highest BCUT2D eigenvalue weighted by atomic mass is 16.4. The lowest BCUT2D eigenvalue weighted by Crippen LogP contribution is -2.47. The number of hydrogen-bond donors (Lipinski definition) is 2. The molecule has 0 aromatic heterocycles. The van der Waals surface area contributed by atoms with Gasteiger partial charge in [-0.15, -0.1) is 0 Å². The van der Waals surface area contributed by atoms with Gasteiger partial charge in [-0.2, -0.15) is 0 Å². The number of carboxylic acids is 1. The first kappa shape index (κ1) is 15.9. The number of hydrogen-bond acceptors (Lipinski definition) is 3. The van der Waals surface area contributed by atoms with Crippen molar-refractivity contribution in [1.82, 2.24) is 4.90 Å². The monoisotopic (exact) mass is 244 g/mol. The Morgan fingerprint density at radius 2 is 1.71 bits per heavy atom. The minimum atomic E-state index is -1.00. The second kappa shape index (κ2) is 7.27. The number of nitrogens with two attached hydrogens (primary N) is 1. The molecule has 1 atom stereocenters. The molecule has 0 aliphatic rings. The number of nitrogens with zero attached hydrogens (tertiary/aromatic N) is 1. The Kier molecular flexibility index (Phi) is 6.80. The molecule has 0 saturated carbocycles. The Labute approximate surface area is 103 Å². The van der Waals surface area contributed by atoms with Gasteiger partial charge in [-0.05, 0) is 18.3 Å².